The highest BCUT2D eigenvalue weighted by Gasteiger charge is 2.04. The number of benzene rings is 1. The molecule has 0 unspecified atom stereocenters. The minimum absolute atomic E-state index is 0.311. The summed E-state index contributed by atoms with van der Waals surface area (Å²) in [6.45, 7) is 2.00. The molecule has 0 aliphatic carbocycles. The van der Waals surface area contributed by atoms with Gasteiger partial charge in [-0.05, 0) is 31.2 Å². The molecular weight excluding hydrogens is 190 g/mol. The molecule has 0 saturated carbocycles. The highest BCUT2D eigenvalue weighted by molar-refractivity contribution is 6.04. The predicted octanol–water partition coefficient (Wildman–Crippen LogP) is 2.58. The summed E-state index contributed by atoms with van der Waals surface area (Å²) in [4.78, 5) is 14.3. The predicted molar refractivity (Wildman–Crippen MR) is 59.1 cm³/mol. The van der Waals surface area contributed by atoms with Crippen LogP contribution in [0.3, 0.4) is 0 Å². The summed E-state index contributed by atoms with van der Waals surface area (Å²) < 4.78 is 5.11. The van der Waals surface area contributed by atoms with Crippen LogP contribution >= 0.6 is 0 Å². The first-order chi connectivity index (χ1) is 7.24. The molecule has 3 rings (SSSR count). The quantitative estimate of drug-likeness (QED) is 0.565. The maximum atomic E-state index is 11.1. The molecule has 3 heteroatoms. The van der Waals surface area contributed by atoms with Gasteiger partial charge < -0.3 is 9.40 Å². The third-order valence-corrected chi connectivity index (χ3v) is 2.54. The molecule has 0 aliphatic rings. The number of hydrogen-bond acceptors (Lipinski definition) is 2. The van der Waals surface area contributed by atoms with Gasteiger partial charge in [-0.1, -0.05) is 0 Å². The molecule has 2 aromatic heterocycles. The molecule has 74 valence electrons. The van der Waals surface area contributed by atoms with E-state index in [-0.39, 0.29) is 5.63 Å². The molecule has 0 atom stereocenters. The lowest BCUT2D eigenvalue weighted by molar-refractivity contribution is 0.561. The van der Waals surface area contributed by atoms with Crippen LogP contribution in [-0.4, -0.2) is 4.98 Å². The highest BCUT2D eigenvalue weighted by Crippen LogP contribution is 2.24. The highest BCUT2D eigenvalue weighted by atomic mass is 16.4. The van der Waals surface area contributed by atoms with Crippen molar-refractivity contribution in [1.82, 2.24) is 4.98 Å². The lowest BCUT2D eigenvalue weighted by atomic mass is 10.1. The average molecular weight is 199 g/mol. The first-order valence-corrected chi connectivity index (χ1v) is 4.76. The maximum Gasteiger partial charge on any atom is 0.336 e. The molecule has 1 N–H and O–H groups in total. The number of hydrogen-bond donors (Lipinski definition) is 1. The summed E-state index contributed by atoms with van der Waals surface area (Å²) in [5.74, 6) is 0. The molecule has 0 spiro atoms. The Bertz CT molecular complexity index is 706. The first-order valence-electron chi connectivity index (χ1n) is 4.76. The van der Waals surface area contributed by atoms with Crippen molar-refractivity contribution in [3.63, 3.8) is 0 Å². The van der Waals surface area contributed by atoms with Crippen LogP contribution in [0.1, 0.15) is 5.69 Å². The van der Waals surface area contributed by atoms with E-state index in [1.807, 2.05) is 19.1 Å². The SMILES string of the molecule is Cc1cc2c(ccc3oc(=O)ccc32)[nH]1. The Balaban J connectivity index is 2.59. The fraction of sp³-hybridized carbons (Fsp3) is 0.0833. The van der Waals surface area contributed by atoms with Gasteiger partial charge in [-0.3, -0.25) is 0 Å². The van der Waals surface area contributed by atoms with Gasteiger partial charge in [-0.15, -0.1) is 0 Å². The van der Waals surface area contributed by atoms with E-state index >= 15 is 0 Å². The molecule has 0 amide bonds. The minimum atomic E-state index is -0.311. The van der Waals surface area contributed by atoms with Crippen LogP contribution in [0.15, 0.2) is 39.5 Å². The standard InChI is InChI=1S/C12H9NO2/c1-7-6-9-8-2-5-12(14)15-11(8)4-3-10(9)13-7/h2-6,13H,1H3. The van der Waals surface area contributed by atoms with Crippen LogP contribution in [0.2, 0.25) is 0 Å². The van der Waals surface area contributed by atoms with Crippen molar-refractivity contribution in [3.05, 3.63) is 46.4 Å². The van der Waals surface area contributed by atoms with Crippen LogP contribution < -0.4 is 5.63 Å². The lowest BCUT2D eigenvalue weighted by Gasteiger charge is -1.96. The minimum Gasteiger partial charge on any atom is -0.423 e. The fourth-order valence-electron chi connectivity index (χ4n) is 1.90. The molecule has 0 bridgehead atoms. The number of aromatic amines is 1. The molecule has 3 nitrogen and oxygen atoms in total. The molecular formula is C12H9NO2. The second-order valence-corrected chi connectivity index (χ2v) is 3.65. The zero-order valence-corrected chi connectivity index (χ0v) is 8.20. The monoisotopic (exact) mass is 199 g/mol. The van der Waals surface area contributed by atoms with Crippen LogP contribution in [0, 0.1) is 6.92 Å². The van der Waals surface area contributed by atoms with E-state index < -0.39 is 0 Å². The number of H-pyrrole nitrogens is 1. The molecule has 0 aliphatic heterocycles. The fourth-order valence-corrected chi connectivity index (χ4v) is 1.90. The third kappa shape index (κ3) is 1.16. The van der Waals surface area contributed by atoms with E-state index in [0.717, 1.165) is 22.0 Å². The summed E-state index contributed by atoms with van der Waals surface area (Å²) in [6, 6.07) is 9.04. The summed E-state index contributed by atoms with van der Waals surface area (Å²) in [7, 11) is 0. The Kier molecular flexibility index (Phi) is 1.51. The zero-order chi connectivity index (χ0) is 10.4. The van der Waals surface area contributed by atoms with Crippen molar-refractivity contribution in [3.8, 4) is 0 Å². The Labute approximate surface area is 85.3 Å². The largest absolute Gasteiger partial charge is 0.423 e. The van der Waals surface area contributed by atoms with Crippen LogP contribution in [0.5, 0.6) is 0 Å². The van der Waals surface area contributed by atoms with Gasteiger partial charge in [0, 0.05) is 28.0 Å². The van der Waals surface area contributed by atoms with Gasteiger partial charge in [0.2, 0.25) is 0 Å². The Hall–Kier alpha value is -2.03. The van der Waals surface area contributed by atoms with E-state index in [1.165, 1.54) is 6.07 Å². The second-order valence-electron chi connectivity index (χ2n) is 3.65. The number of aryl methyl sites for hydroxylation is 1. The van der Waals surface area contributed by atoms with Crippen LogP contribution in [-0.2, 0) is 0 Å². The molecule has 3 aromatic rings. The zero-order valence-electron chi connectivity index (χ0n) is 8.20. The number of fused-ring (bicyclic) bond motifs is 3. The number of aromatic nitrogens is 1. The van der Waals surface area contributed by atoms with Gasteiger partial charge in [0.05, 0.1) is 0 Å². The summed E-state index contributed by atoms with van der Waals surface area (Å²) in [5, 5.41) is 2.06. The smallest absolute Gasteiger partial charge is 0.336 e. The van der Waals surface area contributed by atoms with Gasteiger partial charge in [0.25, 0.3) is 0 Å². The van der Waals surface area contributed by atoms with Crippen molar-refractivity contribution in [2.75, 3.05) is 0 Å². The van der Waals surface area contributed by atoms with Crippen molar-refractivity contribution < 1.29 is 4.42 Å². The summed E-state index contributed by atoms with van der Waals surface area (Å²) in [6.07, 6.45) is 0. The van der Waals surface area contributed by atoms with Gasteiger partial charge in [0.1, 0.15) is 5.58 Å². The van der Waals surface area contributed by atoms with Crippen molar-refractivity contribution in [2.24, 2.45) is 0 Å². The van der Waals surface area contributed by atoms with E-state index in [2.05, 4.69) is 11.1 Å². The van der Waals surface area contributed by atoms with Gasteiger partial charge in [-0.2, -0.15) is 0 Å². The molecule has 15 heavy (non-hydrogen) atoms. The van der Waals surface area contributed by atoms with Crippen LogP contribution in [0.25, 0.3) is 21.9 Å². The Morgan fingerprint density at radius 2 is 2.00 bits per heavy atom. The summed E-state index contributed by atoms with van der Waals surface area (Å²) in [5.41, 5.74) is 2.49. The topological polar surface area (TPSA) is 46.0 Å². The molecule has 0 fully saturated rings. The second kappa shape index (κ2) is 2.73. The molecule has 0 radical (unpaired) electrons. The van der Waals surface area contributed by atoms with E-state index in [4.69, 9.17) is 4.42 Å². The van der Waals surface area contributed by atoms with Crippen LogP contribution in [0.4, 0.5) is 0 Å². The molecule has 0 saturated heterocycles. The third-order valence-electron chi connectivity index (χ3n) is 2.54. The Morgan fingerprint density at radius 3 is 2.87 bits per heavy atom. The molecule has 2 heterocycles. The van der Waals surface area contributed by atoms with E-state index in [1.54, 1.807) is 6.07 Å². The van der Waals surface area contributed by atoms with E-state index in [9.17, 15) is 4.79 Å². The lowest BCUT2D eigenvalue weighted by Crippen LogP contribution is -1.93. The Morgan fingerprint density at radius 1 is 1.13 bits per heavy atom. The van der Waals surface area contributed by atoms with Gasteiger partial charge in [0.15, 0.2) is 0 Å². The average Bonchev–Trinajstić information content (AvgIpc) is 2.58. The van der Waals surface area contributed by atoms with E-state index in [0.29, 0.717) is 5.58 Å². The first kappa shape index (κ1) is 8.29. The normalized spacial score (nSPS) is 11.3. The van der Waals surface area contributed by atoms with Gasteiger partial charge in [-0.25, -0.2) is 4.79 Å². The van der Waals surface area contributed by atoms with Crippen molar-refractivity contribution in [2.45, 2.75) is 6.92 Å². The summed E-state index contributed by atoms with van der Waals surface area (Å²) >= 11 is 0. The maximum absolute atomic E-state index is 11.1. The number of rotatable bonds is 0. The number of nitrogens with one attached hydrogen (secondary N) is 1. The van der Waals surface area contributed by atoms with Crippen molar-refractivity contribution >= 4 is 21.9 Å². The molecule has 1 aromatic carbocycles. The van der Waals surface area contributed by atoms with Gasteiger partial charge >= 0.3 is 5.63 Å². The van der Waals surface area contributed by atoms with Crippen molar-refractivity contribution in [1.29, 1.82) is 0 Å².